The molecule has 29 heavy (non-hydrogen) atoms. The van der Waals surface area contributed by atoms with Crippen LogP contribution in [0, 0.1) is 17.8 Å². The van der Waals surface area contributed by atoms with Crippen molar-refractivity contribution < 1.29 is 19.1 Å². The molecule has 0 aromatic carbocycles. The topological polar surface area (TPSA) is 64.6 Å². The molecule has 0 bridgehead atoms. The number of ether oxygens (including phenoxy) is 2. The fraction of sp³-hybridized carbons (Fsp3) is 0.833. The van der Waals surface area contributed by atoms with Crippen molar-refractivity contribution in [2.45, 2.75) is 110 Å². The lowest BCUT2D eigenvalue weighted by atomic mass is 9.84. The van der Waals surface area contributed by atoms with E-state index in [4.69, 9.17) is 9.47 Å². The number of carbonyl (C=O) groups excluding carboxylic acids is 2. The summed E-state index contributed by atoms with van der Waals surface area (Å²) in [6.45, 7) is 4.39. The molecule has 0 heterocycles. The summed E-state index contributed by atoms with van der Waals surface area (Å²) in [5, 5.41) is 2.73. The molecule has 1 N–H and O–H groups in total. The molecule has 0 aromatic rings. The van der Waals surface area contributed by atoms with Crippen molar-refractivity contribution in [1.82, 2.24) is 5.32 Å². The largest absolute Gasteiger partial charge is 0.464 e. The van der Waals surface area contributed by atoms with E-state index >= 15 is 0 Å². The van der Waals surface area contributed by atoms with Gasteiger partial charge in [-0.2, -0.15) is 0 Å². The van der Waals surface area contributed by atoms with Gasteiger partial charge in [0, 0.05) is 0 Å². The Labute approximate surface area is 177 Å². The fourth-order valence-corrected chi connectivity index (χ4v) is 3.85. The summed E-state index contributed by atoms with van der Waals surface area (Å²) in [4.78, 5) is 24.6. The lowest BCUT2D eigenvalue weighted by Gasteiger charge is -2.29. The van der Waals surface area contributed by atoms with Crippen LogP contribution >= 0.6 is 0 Å². The van der Waals surface area contributed by atoms with Gasteiger partial charge in [-0.05, 0) is 32.1 Å². The standard InChI is InChI=1S/C24H41NO4/c1-3-5-7-8-9-10-11-12-16-20-28-23(26)22(21-17-14-13-15-18-21)25-24(27)29-19-6-4-2/h21-22H,3,5,7-20H2,1-2H3,(H,25,27). The Bertz CT molecular complexity index is 503. The van der Waals surface area contributed by atoms with Crippen LogP contribution in [0.5, 0.6) is 0 Å². The highest BCUT2D eigenvalue weighted by atomic mass is 16.6. The molecular weight excluding hydrogens is 366 g/mol. The highest BCUT2D eigenvalue weighted by molar-refractivity contribution is 5.81. The first-order valence-corrected chi connectivity index (χ1v) is 11.7. The Morgan fingerprint density at radius 3 is 2.17 bits per heavy atom. The number of rotatable bonds is 14. The van der Waals surface area contributed by atoms with E-state index in [1.54, 1.807) is 6.92 Å². The second-order valence-corrected chi connectivity index (χ2v) is 8.02. The summed E-state index contributed by atoms with van der Waals surface area (Å²) >= 11 is 0. The zero-order valence-electron chi connectivity index (χ0n) is 18.6. The van der Waals surface area contributed by atoms with E-state index in [1.165, 1.54) is 51.4 Å². The first-order chi connectivity index (χ1) is 14.2. The Kier molecular flexibility index (Phi) is 15.0. The van der Waals surface area contributed by atoms with E-state index in [2.05, 4.69) is 24.1 Å². The van der Waals surface area contributed by atoms with Crippen molar-refractivity contribution in [3.8, 4) is 11.8 Å². The van der Waals surface area contributed by atoms with Gasteiger partial charge in [-0.25, -0.2) is 9.59 Å². The second kappa shape index (κ2) is 17.2. The van der Waals surface area contributed by atoms with Crippen LogP contribution in [-0.4, -0.2) is 31.3 Å². The Morgan fingerprint density at radius 1 is 0.931 bits per heavy atom. The second-order valence-electron chi connectivity index (χ2n) is 8.02. The lowest BCUT2D eigenvalue weighted by Crippen LogP contribution is -2.47. The van der Waals surface area contributed by atoms with Gasteiger partial charge in [0.2, 0.25) is 0 Å². The maximum Gasteiger partial charge on any atom is 0.408 e. The van der Waals surface area contributed by atoms with Gasteiger partial charge in [0.1, 0.15) is 6.04 Å². The molecule has 1 unspecified atom stereocenters. The molecule has 1 rings (SSSR count). The smallest absolute Gasteiger partial charge is 0.408 e. The molecule has 0 aromatic heterocycles. The minimum Gasteiger partial charge on any atom is -0.464 e. The number of hydrogen-bond donors (Lipinski definition) is 1. The van der Waals surface area contributed by atoms with Crippen LogP contribution in [0.25, 0.3) is 0 Å². The normalized spacial score (nSPS) is 15.1. The average Bonchev–Trinajstić information content (AvgIpc) is 2.74. The van der Waals surface area contributed by atoms with Crippen molar-refractivity contribution in [3.05, 3.63) is 0 Å². The quantitative estimate of drug-likeness (QED) is 0.226. The molecule has 0 saturated heterocycles. The third-order valence-electron chi connectivity index (χ3n) is 5.59. The maximum atomic E-state index is 12.6. The van der Waals surface area contributed by atoms with Crippen LogP contribution in [0.3, 0.4) is 0 Å². The third-order valence-corrected chi connectivity index (χ3v) is 5.59. The Hall–Kier alpha value is -1.70. The van der Waals surface area contributed by atoms with Gasteiger partial charge in [-0.3, -0.25) is 0 Å². The molecule has 1 saturated carbocycles. The molecule has 1 fully saturated rings. The summed E-state index contributed by atoms with van der Waals surface area (Å²) in [5.41, 5.74) is 0. The van der Waals surface area contributed by atoms with Crippen LogP contribution in [0.1, 0.15) is 104 Å². The van der Waals surface area contributed by atoms with Crippen LogP contribution in [0.2, 0.25) is 0 Å². The van der Waals surface area contributed by atoms with Crippen LogP contribution in [0.15, 0.2) is 0 Å². The van der Waals surface area contributed by atoms with Crippen molar-refractivity contribution in [2.75, 3.05) is 13.2 Å². The van der Waals surface area contributed by atoms with Gasteiger partial charge in [-0.15, -0.1) is 5.92 Å². The molecule has 1 aliphatic rings. The monoisotopic (exact) mass is 407 g/mol. The lowest BCUT2D eigenvalue weighted by molar-refractivity contribution is -0.148. The fourth-order valence-electron chi connectivity index (χ4n) is 3.85. The molecule has 1 amide bonds. The molecule has 5 heteroatoms. The molecular formula is C24H41NO4. The predicted molar refractivity (Wildman–Crippen MR) is 116 cm³/mol. The molecule has 166 valence electrons. The van der Waals surface area contributed by atoms with E-state index in [-0.39, 0.29) is 18.5 Å². The summed E-state index contributed by atoms with van der Waals surface area (Å²) < 4.78 is 10.5. The summed E-state index contributed by atoms with van der Waals surface area (Å²) in [7, 11) is 0. The van der Waals surface area contributed by atoms with E-state index in [0.29, 0.717) is 6.61 Å². The first kappa shape index (κ1) is 25.3. The number of esters is 1. The summed E-state index contributed by atoms with van der Waals surface area (Å²) in [5.74, 6) is 5.17. The molecule has 0 spiro atoms. The van der Waals surface area contributed by atoms with E-state index in [0.717, 1.165) is 38.5 Å². The van der Waals surface area contributed by atoms with Crippen molar-refractivity contribution >= 4 is 12.1 Å². The van der Waals surface area contributed by atoms with Crippen molar-refractivity contribution in [2.24, 2.45) is 5.92 Å². The van der Waals surface area contributed by atoms with Gasteiger partial charge in [0.15, 0.2) is 6.61 Å². The average molecular weight is 408 g/mol. The molecule has 1 aliphatic carbocycles. The number of carbonyl (C=O) groups is 2. The highest BCUT2D eigenvalue weighted by Crippen LogP contribution is 2.27. The Balaban J connectivity index is 2.29. The molecule has 5 nitrogen and oxygen atoms in total. The van der Waals surface area contributed by atoms with Gasteiger partial charge >= 0.3 is 12.1 Å². The van der Waals surface area contributed by atoms with Gasteiger partial charge in [0.05, 0.1) is 6.61 Å². The van der Waals surface area contributed by atoms with E-state index in [9.17, 15) is 9.59 Å². The number of hydrogen-bond acceptors (Lipinski definition) is 4. The third kappa shape index (κ3) is 12.5. The molecule has 0 radical (unpaired) electrons. The van der Waals surface area contributed by atoms with Gasteiger partial charge < -0.3 is 14.8 Å². The highest BCUT2D eigenvalue weighted by Gasteiger charge is 2.32. The van der Waals surface area contributed by atoms with Crippen LogP contribution < -0.4 is 5.32 Å². The predicted octanol–water partition coefficient (Wildman–Crippen LogP) is 5.76. The van der Waals surface area contributed by atoms with Crippen molar-refractivity contribution in [3.63, 3.8) is 0 Å². The zero-order chi connectivity index (χ0) is 21.2. The van der Waals surface area contributed by atoms with Gasteiger partial charge in [0.25, 0.3) is 0 Å². The number of nitrogens with one attached hydrogen (secondary N) is 1. The Morgan fingerprint density at radius 2 is 1.55 bits per heavy atom. The SMILES string of the molecule is CC#CCOC(=O)NC(C(=O)OCCCCCCCCCCC)C1CCCCC1. The number of amides is 1. The number of unbranched alkanes of at least 4 members (excludes halogenated alkanes) is 8. The van der Waals surface area contributed by atoms with Gasteiger partial charge in [-0.1, -0.05) is 83.5 Å². The van der Waals surface area contributed by atoms with Crippen molar-refractivity contribution in [1.29, 1.82) is 0 Å². The zero-order valence-corrected chi connectivity index (χ0v) is 18.6. The van der Waals surface area contributed by atoms with E-state index < -0.39 is 12.1 Å². The first-order valence-electron chi connectivity index (χ1n) is 11.7. The number of alkyl carbamates (subject to hydrolysis) is 1. The molecule has 1 atom stereocenters. The van der Waals surface area contributed by atoms with Crippen LogP contribution in [0.4, 0.5) is 4.79 Å². The summed E-state index contributed by atoms with van der Waals surface area (Å²) in [6, 6.07) is -0.615. The molecule has 0 aliphatic heterocycles. The minimum absolute atomic E-state index is 0.0349. The van der Waals surface area contributed by atoms with Crippen LogP contribution in [-0.2, 0) is 14.3 Å². The minimum atomic E-state index is -0.615. The summed E-state index contributed by atoms with van der Waals surface area (Å²) in [6.07, 6.45) is 15.7. The van der Waals surface area contributed by atoms with E-state index in [1.807, 2.05) is 0 Å². The maximum absolute atomic E-state index is 12.6.